The molecule has 1 aromatic rings. The first-order chi connectivity index (χ1) is 7.76. The molecule has 1 aliphatic carbocycles. The lowest BCUT2D eigenvalue weighted by molar-refractivity contribution is 0.0952. The third-order valence-electron chi connectivity index (χ3n) is 2.34. The molecule has 1 heterocycles. The molecule has 1 aromatic heterocycles. The highest BCUT2D eigenvalue weighted by atomic mass is 16.5. The van der Waals surface area contributed by atoms with Crippen LogP contribution in [0.2, 0.25) is 0 Å². The van der Waals surface area contributed by atoms with E-state index in [4.69, 9.17) is 9.47 Å². The molecular weight excluding hydrogens is 208 g/mol. The number of pyridine rings is 1. The fourth-order valence-corrected chi connectivity index (χ4v) is 1.34. The molecule has 1 saturated carbocycles. The average Bonchev–Trinajstić information content (AvgIpc) is 3.12. The number of ether oxygens (including phenoxy) is 2. The van der Waals surface area contributed by atoms with E-state index in [1.165, 1.54) is 6.20 Å². The van der Waals surface area contributed by atoms with Crippen LogP contribution in [0.5, 0.6) is 11.5 Å². The number of aromatic nitrogens is 1. The predicted molar refractivity (Wildman–Crippen MR) is 57.8 cm³/mol. The van der Waals surface area contributed by atoms with Crippen molar-refractivity contribution < 1.29 is 14.3 Å². The normalized spacial score (nSPS) is 14.4. The number of hydrogen-bond donors (Lipinski definition) is 1. The topological polar surface area (TPSA) is 60.5 Å². The molecular formula is C11H14N2O3. The second-order valence-electron chi connectivity index (χ2n) is 3.59. The third-order valence-corrected chi connectivity index (χ3v) is 2.34. The maximum atomic E-state index is 11.6. The van der Waals surface area contributed by atoms with Crippen LogP contribution in [0.3, 0.4) is 0 Å². The summed E-state index contributed by atoms with van der Waals surface area (Å²) in [7, 11) is 3.10. The summed E-state index contributed by atoms with van der Waals surface area (Å²) in [5, 5.41) is 2.53. The molecule has 0 spiro atoms. The van der Waals surface area contributed by atoms with Crippen LogP contribution in [-0.2, 0) is 0 Å². The Balaban J connectivity index is 2.36. The number of rotatable bonds is 4. The summed E-state index contributed by atoms with van der Waals surface area (Å²) in [4.78, 5) is 15.6. The van der Waals surface area contributed by atoms with Gasteiger partial charge in [-0.3, -0.25) is 4.79 Å². The van der Waals surface area contributed by atoms with Gasteiger partial charge in [0.25, 0.3) is 5.91 Å². The summed E-state index contributed by atoms with van der Waals surface area (Å²) < 4.78 is 10.8. The Morgan fingerprint density at radius 3 is 2.88 bits per heavy atom. The Morgan fingerprint density at radius 2 is 2.31 bits per heavy atom. The van der Waals surface area contributed by atoms with Gasteiger partial charge in [-0.25, -0.2) is 4.98 Å². The van der Waals surface area contributed by atoms with Crippen molar-refractivity contribution in [2.24, 2.45) is 0 Å². The highest BCUT2D eigenvalue weighted by molar-refractivity contribution is 5.95. The van der Waals surface area contributed by atoms with Crippen LogP contribution < -0.4 is 14.8 Å². The van der Waals surface area contributed by atoms with E-state index in [-0.39, 0.29) is 17.7 Å². The number of carbonyl (C=O) groups is 1. The Bertz CT molecular complexity index is 402. The third kappa shape index (κ3) is 2.08. The molecule has 0 atom stereocenters. The van der Waals surface area contributed by atoms with E-state index >= 15 is 0 Å². The molecule has 0 aliphatic heterocycles. The van der Waals surface area contributed by atoms with Gasteiger partial charge in [0.15, 0.2) is 17.2 Å². The van der Waals surface area contributed by atoms with E-state index in [1.807, 2.05) is 0 Å². The van der Waals surface area contributed by atoms with Gasteiger partial charge < -0.3 is 14.8 Å². The quantitative estimate of drug-likeness (QED) is 0.825. The van der Waals surface area contributed by atoms with E-state index < -0.39 is 0 Å². The molecule has 0 radical (unpaired) electrons. The molecule has 1 N–H and O–H groups in total. The van der Waals surface area contributed by atoms with Crippen molar-refractivity contribution in [1.29, 1.82) is 0 Å². The Morgan fingerprint density at radius 1 is 1.56 bits per heavy atom. The summed E-state index contributed by atoms with van der Waals surface area (Å²) in [6.07, 6.45) is 3.76. The molecule has 86 valence electrons. The van der Waals surface area contributed by atoms with Crippen molar-refractivity contribution in [3.05, 3.63) is 18.0 Å². The lowest BCUT2D eigenvalue weighted by atomic mass is 10.3. The Labute approximate surface area is 93.8 Å². The molecule has 0 saturated heterocycles. The van der Waals surface area contributed by atoms with Crippen molar-refractivity contribution in [2.75, 3.05) is 14.2 Å². The van der Waals surface area contributed by atoms with E-state index in [2.05, 4.69) is 10.3 Å². The second kappa shape index (κ2) is 4.38. The van der Waals surface area contributed by atoms with Crippen LogP contribution in [0.15, 0.2) is 12.3 Å². The van der Waals surface area contributed by atoms with Crippen LogP contribution in [0.1, 0.15) is 23.3 Å². The molecule has 1 fully saturated rings. The number of amides is 1. The van der Waals surface area contributed by atoms with Gasteiger partial charge in [0.1, 0.15) is 0 Å². The minimum atomic E-state index is -0.269. The van der Waals surface area contributed by atoms with Gasteiger partial charge in [0.05, 0.1) is 13.2 Å². The lowest BCUT2D eigenvalue weighted by Gasteiger charge is -2.12. The molecule has 0 bridgehead atoms. The van der Waals surface area contributed by atoms with Gasteiger partial charge in [-0.1, -0.05) is 0 Å². The number of nitrogens with one attached hydrogen (secondary N) is 1. The molecule has 5 heteroatoms. The SMILES string of the molecule is CNC(=O)c1nccc(OC)c1OC1CC1. The van der Waals surface area contributed by atoms with Crippen LogP contribution in [0, 0.1) is 0 Å². The summed E-state index contributed by atoms with van der Waals surface area (Å²) in [6, 6.07) is 1.68. The summed E-state index contributed by atoms with van der Waals surface area (Å²) in [6.45, 7) is 0. The zero-order valence-corrected chi connectivity index (χ0v) is 9.32. The second-order valence-corrected chi connectivity index (χ2v) is 3.59. The molecule has 16 heavy (non-hydrogen) atoms. The van der Waals surface area contributed by atoms with Crippen LogP contribution >= 0.6 is 0 Å². The van der Waals surface area contributed by atoms with Gasteiger partial charge in [-0.05, 0) is 12.8 Å². The maximum Gasteiger partial charge on any atom is 0.273 e. The Hall–Kier alpha value is -1.78. The van der Waals surface area contributed by atoms with E-state index in [9.17, 15) is 4.79 Å². The van der Waals surface area contributed by atoms with Gasteiger partial charge in [0.2, 0.25) is 0 Å². The molecule has 1 amide bonds. The first-order valence-corrected chi connectivity index (χ1v) is 5.18. The number of hydrogen-bond acceptors (Lipinski definition) is 4. The summed E-state index contributed by atoms with van der Waals surface area (Å²) in [5.74, 6) is 0.710. The van der Waals surface area contributed by atoms with Crippen molar-refractivity contribution in [2.45, 2.75) is 18.9 Å². The summed E-state index contributed by atoms with van der Waals surface area (Å²) >= 11 is 0. The minimum Gasteiger partial charge on any atom is -0.493 e. The smallest absolute Gasteiger partial charge is 0.273 e. The predicted octanol–water partition coefficient (Wildman–Crippen LogP) is 0.991. The lowest BCUT2D eigenvalue weighted by Crippen LogP contribution is -2.21. The van der Waals surface area contributed by atoms with Gasteiger partial charge in [0, 0.05) is 19.3 Å². The summed E-state index contributed by atoms with van der Waals surface area (Å²) in [5.41, 5.74) is 0.272. The van der Waals surface area contributed by atoms with Crippen LogP contribution in [-0.4, -0.2) is 31.2 Å². The zero-order valence-electron chi connectivity index (χ0n) is 9.32. The van der Waals surface area contributed by atoms with Crippen LogP contribution in [0.25, 0.3) is 0 Å². The first-order valence-electron chi connectivity index (χ1n) is 5.18. The zero-order chi connectivity index (χ0) is 11.5. The molecule has 2 rings (SSSR count). The molecule has 5 nitrogen and oxygen atoms in total. The number of nitrogens with zero attached hydrogens (tertiary/aromatic N) is 1. The number of carbonyl (C=O) groups excluding carboxylic acids is 1. The van der Waals surface area contributed by atoms with Crippen molar-refractivity contribution >= 4 is 5.91 Å². The van der Waals surface area contributed by atoms with Gasteiger partial charge >= 0.3 is 0 Å². The van der Waals surface area contributed by atoms with Gasteiger partial charge in [-0.2, -0.15) is 0 Å². The first kappa shape index (κ1) is 10.7. The molecule has 0 unspecified atom stereocenters. The minimum absolute atomic E-state index is 0.196. The number of methoxy groups -OCH3 is 1. The molecule has 0 aromatic carbocycles. The standard InChI is InChI=1S/C11H14N2O3/c1-12-11(14)9-10(16-7-3-4-7)8(15-2)5-6-13-9/h5-7H,3-4H2,1-2H3,(H,12,14). The monoisotopic (exact) mass is 222 g/mol. The van der Waals surface area contributed by atoms with Crippen molar-refractivity contribution in [1.82, 2.24) is 10.3 Å². The van der Waals surface area contributed by atoms with Crippen molar-refractivity contribution in [3.63, 3.8) is 0 Å². The van der Waals surface area contributed by atoms with E-state index in [0.717, 1.165) is 12.8 Å². The van der Waals surface area contributed by atoms with E-state index in [1.54, 1.807) is 20.2 Å². The largest absolute Gasteiger partial charge is 0.493 e. The maximum absolute atomic E-state index is 11.6. The Kier molecular flexibility index (Phi) is 2.94. The van der Waals surface area contributed by atoms with Crippen molar-refractivity contribution in [3.8, 4) is 11.5 Å². The van der Waals surface area contributed by atoms with Crippen LogP contribution in [0.4, 0.5) is 0 Å². The molecule has 1 aliphatic rings. The van der Waals surface area contributed by atoms with Gasteiger partial charge in [-0.15, -0.1) is 0 Å². The highest BCUT2D eigenvalue weighted by Gasteiger charge is 2.28. The fraction of sp³-hybridized carbons (Fsp3) is 0.455. The fourth-order valence-electron chi connectivity index (χ4n) is 1.34. The highest BCUT2D eigenvalue weighted by Crippen LogP contribution is 2.35. The average molecular weight is 222 g/mol. The van der Waals surface area contributed by atoms with E-state index in [0.29, 0.717) is 11.5 Å².